The monoisotopic (exact) mass is 343 g/mol. The summed E-state index contributed by atoms with van der Waals surface area (Å²) in [5.41, 5.74) is 3.14. The molecule has 0 amide bonds. The highest BCUT2D eigenvalue weighted by molar-refractivity contribution is 6.31. The summed E-state index contributed by atoms with van der Waals surface area (Å²) in [6.07, 6.45) is 0.849. The van der Waals surface area contributed by atoms with Crippen molar-refractivity contribution in [1.82, 2.24) is 5.32 Å². The van der Waals surface area contributed by atoms with E-state index in [1.165, 1.54) is 12.1 Å². The molecule has 3 rings (SSSR count). The van der Waals surface area contributed by atoms with Crippen LogP contribution in [0, 0.1) is 12.7 Å². The third-order valence-corrected chi connectivity index (χ3v) is 4.33. The van der Waals surface area contributed by atoms with E-state index in [9.17, 15) is 4.39 Å². The number of furan rings is 1. The van der Waals surface area contributed by atoms with Gasteiger partial charge in [0.05, 0.1) is 6.54 Å². The van der Waals surface area contributed by atoms with Crippen molar-refractivity contribution in [2.75, 3.05) is 6.54 Å². The van der Waals surface area contributed by atoms with Crippen LogP contribution in [0.2, 0.25) is 5.02 Å². The molecule has 3 aromatic rings. The van der Waals surface area contributed by atoms with Gasteiger partial charge in [-0.25, -0.2) is 4.39 Å². The van der Waals surface area contributed by atoms with Crippen molar-refractivity contribution in [3.8, 4) is 11.3 Å². The van der Waals surface area contributed by atoms with Crippen molar-refractivity contribution >= 4 is 11.6 Å². The van der Waals surface area contributed by atoms with Gasteiger partial charge in [0.1, 0.15) is 17.3 Å². The first kappa shape index (κ1) is 16.7. The Morgan fingerprint density at radius 3 is 2.58 bits per heavy atom. The van der Waals surface area contributed by atoms with Crippen molar-refractivity contribution in [1.29, 1.82) is 0 Å². The number of rotatable bonds is 6. The van der Waals surface area contributed by atoms with Crippen LogP contribution in [0.4, 0.5) is 4.39 Å². The minimum absolute atomic E-state index is 0.203. The van der Waals surface area contributed by atoms with E-state index in [0.717, 1.165) is 46.2 Å². The number of nitrogens with one attached hydrogen (secondary N) is 1. The van der Waals surface area contributed by atoms with E-state index in [1.807, 2.05) is 49.4 Å². The summed E-state index contributed by atoms with van der Waals surface area (Å²) in [7, 11) is 0. The Morgan fingerprint density at radius 1 is 1.04 bits per heavy atom. The summed E-state index contributed by atoms with van der Waals surface area (Å²) in [5.74, 6) is 1.49. The maximum Gasteiger partial charge on any atom is 0.134 e. The van der Waals surface area contributed by atoms with Crippen molar-refractivity contribution in [3.05, 3.63) is 82.3 Å². The van der Waals surface area contributed by atoms with Crippen molar-refractivity contribution in [3.63, 3.8) is 0 Å². The Hall–Kier alpha value is -2.10. The number of halogens is 2. The molecular weight excluding hydrogens is 325 g/mol. The van der Waals surface area contributed by atoms with Gasteiger partial charge in [0.2, 0.25) is 0 Å². The lowest BCUT2D eigenvalue weighted by Crippen LogP contribution is -2.16. The lowest BCUT2D eigenvalue weighted by Gasteiger charge is -2.04. The second-order valence-electron chi connectivity index (χ2n) is 5.78. The number of benzene rings is 2. The zero-order chi connectivity index (χ0) is 16.9. The van der Waals surface area contributed by atoms with Crippen LogP contribution < -0.4 is 5.32 Å². The molecule has 0 aliphatic carbocycles. The first-order chi connectivity index (χ1) is 11.6. The van der Waals surface area contributed by atoms with Gasteiger partial charge in [-0.15, -0.1) is 0 Å². The molecule has 0 bridgehead atoms. The number of hydrogen-bond donors (Lipinski definition) is 1. The Kier molecular flexibility index (Phi) is 5.34. The molecule has 0 unspecified atom stereocenters. The van der Waals surface area contributed by atoms with Gasteiger partial charge in [0.25, 0.3) is 0 Å². The van der Waals surface area contributed by atoms with E-state index in [1.54, 1.807) is 0 Å². The molecule has 1 aromatic heterocycles. The molecule has 0 aliphatic rings. The zero-order valence-corrected chi connectivity index (χ0v) is 14.2. The summed E-state index contributed by atoms with van der Waals surface area (Å²) in [5, 5.41) is 4.08. The largest absolute Gasteiger partial charge is 0.460 e. The molecule has 4 heteroatoms. The van der Waals surface area contributed by atoms with E-state index >= 15 is 0 Å². The normalized spacial score (nSPS) is 11.0. The molecule has 1 heterocycles. The molecule has 1 N–H and O–H groups in total. The maximum atomic E-state index is 12.8. The van der Waals surface area contributed by atoms with E-state index in [0.29, 0.717) is 6.54 Å². The highest BCUT2D eigenvalue weighted by Gasteiger charge is 2.06. The van der Waals surface area contributed by atoms with Crippen LogP contribution in [0.15, 0.2) is 59.0 Å². The number of aryl methyl sites for hydroxylation is 1. The first-order valence-electron chi connectivity index (χ1n) is 7.92. The molecule has 0 spiro atoms. The smallest absolute Gasteiger partial charge is 0.134 e. The highest BCUT2D eigenvalue weighted by Crippen LogP contribution is 2.26. The van der Waals surface area contributed by atoms with Crippen LogP contribution in [0.3, 0.4) is 0 Å². The van der Waals surface area contributed by atoms with E-state index in [2.05, 4.69) is 5.32 Å². The van der Waals surface area contributed by atoms with E-state index in [4.69, 9.17) is 16.0 Å². The Morgan fingerprint density at radius 2 is 1.83 bits per heavy atom. The van der Waals surface area contributed by atoms with Crippen molar-refractivity contribution in [2.45, 2.75) is 19.9 Å². The van der Waals surface area contributed by atoms with Gasteiger partial charge >= 0.3 is 0 Å². The topological polar surface area (TPSA) is 25.2 Å². The average molecular weight is 344 g/mol. The third-order valence-electron chi connectivity index (χ3n) is 3.92. The summed E-state index contributed by atoms with van der Waals surface area (Å²) in [6, 6.07) is 16.4. The third kappa shape index (κ3) is 4.25. The fraction of sp³-hybridized carbons (Fsp3) is 0.200. The molecule has 0 saturated carbocycles. The maximum absolute atomic E-state index is 12.8. The molecule has 124 valence electrons. The van der Waals surface area contributed by atoms with Crippen molar-refractivity contribution in [2.24, 2.45) is 0 Å². The molecule has 0 saturated heterocycles. The standard InChI is InChI=1S/C20H19ClFNO/c1-14-2-5-16(12-19(14)21)20-9-8-18(24-20)13-23-11-10-15-3-6-17(22)7-4-15/h2-9,12,23H,10-11,13H2,1H3. The van der Waals surface area contributed by atoms with Gasteiger partial charge in [0.15, 0.2) is 0 Å². The van der Waals surface area contributed by atoms with Crippen LogP contribution >= 0.6 is 11.6 Å². The predicted octanol–water partition coefficient (Wildman–Crippen LogP) is 5.38. The fourth-order valence-electron chi connectivity index (χ4n) is 2.47. The minimum atomic E-state index is -0.203. The van der Waals surface area contributed by atoms with Crippen LogP contribution in [0.1, 0.15) is 16.9 Å². The zero-order valence-electron chi connectivity index (χ0n) is 13.5. The van der Waals surface area contributed by atoms with Gasteiger partial charge in [-0.05, 0) is 61.3 Å². The van der Waals surface area contributed by atoms with Crippen LogP contribution in [-0.4, -0.2) is 6.54 Å². The molecule has 0 radical (unpaired) electrons. The van der Waals surface area contributed by atoms with Crippen LogP contribution in [0.5, 0.6) is 0 Å². The van der Waals surface area contributed by atoms with Gasteiger partial charge in [-0.2, -0.15) is 0 Å². The van der Waals surface area contributed by atoms with Gasteiger partial charge in [-0.1, -0.05) is 35.9 Å². The minimum Gasteiger partial charge on any atom is -0.460 e. The summed E-state index contributed by atoms with van der Waals surface area (Å²) >= 11 is 6.16. The lowest BCUT2D eigenvalue weighted by molar-refractivity contribution is 0.494. The summed E-state index contributed by atoms with van der Waals surface area (Å²) < 4.78 is 18.7. The molecule has 2 aromatic carbocycles. The van der Waals surface area contributed by atoms with Gasteiger partial charge in [0, 0.05) is 10.6 Å². The summed E-state index contributed by atoms with van der Waals surface area (Å²) in [6.45, 7) is 3.43. The highest BCUT2D eigenvalue weighted by atomic mass is 35.5. The Balaban J connectivity index is 1.52. The van der Waals surface area contributed by atoms with Crippen LogP contribution in [0.25, 0.3) is 11.3 Å². The predicted molar refractivity (Wildman–Crippen MR) is 95.7 cm³/mol. The lowest BCUT2D eigenvalue weighted by atomic mass is 10.1. The van der Waals surface area contributed by atoms with Gasteiger partial charge < -0.3 is 9.73 Å². The average Bonchev–Trinajstić information content (AvgIpc) is 3.05. The Bertz CT molecular complexity index is 811. The fourth-order valence-corrected chi connectivity index (χ4v) is 2.65. The number of hydrogen-bond acceptors (Lipinski definition) is 2. The molecule has 2 nitrogen and oxygen atoms in total. The first-order valence-corrected chi connectivity index (χ1v) is 8.30. The molecule has 24 heavy (non-hydrogen) atoms. The van der Waals surface area contributed by atoms with Crippen LogP contribution in [-0.2, 0) is 13.0 Å². The second-order valence-corrected chi connectivity index (χ2v) is 6.19. The Labute approximate surface area is 146 Å². The second kappa shape index (κ2) is 7.65. The molecule has 0 fully saturated rings. The summed E-state index contributed by atoms with van der Waals surface area (Å²) in [4.78, 5) is 0. The molecule has 0 atom stereocenters. The SMILES string of the molecule is Cc1ccc(-c2ccc(CNCCc3ccc(F)cc3)o2)cc1Cl. The van der Waals surface area contributed by atoms with Gasteiger partial charge in [-0.3, -0.25) is 0 Å². The van der Waals surface area contributed by atoms with Crippen molar-refractivity contribution < 1.29 is 8.81 Å². The molecule has 0 aliphatic heterocycles. The quantitative estimate of drug-likeness (QED) is 0.608. The molecular formula is C20H19ClFNO. The van der Waals surface area contributed by atoms with E-state index < -0.39 is 0 Å². The van der Waals surface area contributed by atoms with E-state index in [-0.39, 0.29) is 5.82 Å².